The van der Waals surface area contributed by atoms with E-state index in [4.69, 9.17) is 16.3 Å². The molecule has 1 aliphatic rings. The van der Waals surface area contributed by atoms with E-state index in [0.29, 0.717) is 6.61 Å². The zero-order chi connectivity index (χ0) is 11.6. The molecule has 0 radical (unpaired) electrons. The Hall–Kier alpha value is -0.600. The highest BCUT2D eigenvalue weighted by atomic mass is 35.5. The molecule has 16 heavy (non-hydrogen) atoms. The summed E-state index contributed by atoms with van der Waals surface area (Å²) in [5.74, 6) is -0.200. The molecule has 88 valence electrons. The van der Waals surface area contributed by atoms with E-state index in [9.17, 15) is 4.39 Å². The van der Waals surface area contributed by atoms with Gasteiger partial charge in [-0.05, 0) is 37.5 Å². The second-order valence-electron chi connectivity index (χ2n) is 4.69. The van der Waals surface area contributed by atoms with E-state index >= 15 is 0 Å². The Bertz CT molecular complexity index is 351. The highest BCUT2D eigenvalue weighted by Gasteiger charge is 2.32. The van der Waals surface area contributed by atoms with E-state index in [1.54, 1.807) is 0 Å². The van der Waals surface area contributed by atoms with Gasteiger partial charge in [-0.25, -0.2) is 4.39 Å². The van der Waals surface area contributed by atoms with Crippen LogP contribution in [0.5, 0.6) is 0 Å². The van der Waals surface area contributed by atoms with Gasteiger partial charge in [0.05, 0.1) is 5.60 Å². The second kappa shape index (κ2) is 4.72. The molecular weight excluding hydrogens is 227 g/mol. The lowest BCUT2D eigenvalue weighted by molar-refractivity contribution is -0.0625. The van der Waals surface area contributed by atoms with Crippen molar-refractivity contribution in [1.29, 1.82) is 0 Å². The predicted molar refractivity (Wildman–Crippen MR) is 63.3 cm³/mol. The molecule has 2 rings (SSSR count). The molecule has 1 aliphatic heterocycles. The summed E-state index contributed by atoms with van der Waals surface area (Å²) in [6.45, 7) is 2.79. The van der Waals surface area contributed by atoms with Crippen LogP contribution in [-0.4, -0.2) is 17.6 Å². The van der Waals surface area contributed by atoms with E-state index in [2.05, 4.69) is 6.92 Å². The van der Waals surface area contributed by atoms with Crippen LogP contribution >= 0.6 is 11.6 Å². The van der Waals surface area contributed by atoms with Crippen molar-refractivity contribution >= 4 is 11.6 Å². The number of rotatable bonds is 2. The molecule has 1 aromatic carbocycles. The quantitative estimate of drug-likeness (QED) is 0.721. The van der Waals surface area contributed by atoms with Crippen LogP contribution in [0.15, 0.2) is 24.3 Å². The molecule has 0 aliphatic carbocycles. The molecule has 0 spiro atoms. The summed E-state index contributed by atoms with van der Waals surface area (Å²) < 4.78 is 18.6. The zero-order valence-corrected chi connectivity index (χ0v) is 10.1. The van der Waals surface area contributed by atoms with E-state index in [1.807, 2.05) is 12.1 Å². The van der Waals surface area contributed by atoms with Crippen LogP contribution in [-0.2, 0) is 11.2 Å². The third-order valence-corrected chi connectivity index (χ3v) is 3.40. The fraction of sp³-hybridized carbons (Fsp3) is 0.538. The Kier molecular flexibility index (Phi) is 3.50. The van der Waals surface area contributed by atoms with Crippen molar-refractivity contribution < 1.29 is 9.13 Å². The molecule has 1 heterocycles. The molecule has 1 saturated heterocycles. The van der Waals surface area contributed by atoms with Gasteiger partial charge in [-0.2, -0.15) is 0 Å². The summed E-state index contributed by atoms with van der Waals surface area (Å²) in [5.41, 5.74) is 0.886. The summed E-state index contributed by atoms with van der Waals surface area (Å²) in [6, 6.07) is 6.59. The molecule has 2 unspecified atom stereocenters. The SMILES string of the molecule is CC1(Cc2ccc(F)cc2)CC(Cl)CCO1. The number of ether oxygens (including phenoxy) is 1. The minimum absolute atomic E-state index is 0.194. The molecule has 3 heteroatoms. The predicted octanol–water partition coefficient (Wildman–Crippen LogP) is 3.54. The number of alkyl halides is 1. The van der Waals surface area contributed by atoms with Gasteiger partial charge in [0.25, 0.3) is 0 Å². The Balaban J connectivity index is 2.05. The zero-order valence-electron chi connectivity index (χ0n) is 9.38. The Labute approximate surface area is 101 Å². The van der Waals surface area contributed by atoms with Crippen molar-refractivity contribution in [2.75, 3.05) is 6.61 Å². The lowest BCUT2D eigenvalue weighted by atomic mass is 9.89. The fourth-order valence-electron chi connectivity index (χ4n) is 2.22. The highest BCUT2D eigenvalue weighted by molar-refractivity contribution is 6.20. The largest absolute Gasteiger partial charge is 0.375 e. The Morgan fingerprint density at radius 2 is 2.12 bits per heavy atom. The van der Waals surface area contributed by atoms with Crippen LogP contribution in [0.3, 0.4) is 0 Å². The summed E-state index contributed by atoms with van der Waals surface area (Å²) in [4.78, 5) is 0. The maximum Gasteiger partial charge on any atom is 0.123 e. The maximum atomic E-state index is 12.8. The van der Waals surface area contributed by atoms with Gasteiger partial charge in [0.2, 0.25) is 0 Å². The first kappa shape index (κ1) is 11.9. The van der Waals surface area contributed by atoms with Gasteiger partial charge in [-0.3, -0.25) is 0 Å². The van der Waals surface area contributed by atoms with Gasteiger partial charge in [-0.15, -0.1) is 11.6 Å². The lowest BCUT2D eigenvalue weighted by Gasteiger charge is -2.36. The van der Waals surface area contributed by atoms with Gasteiger partial charge in [0, 0.05) is 18.4 Å². The topological polar surface area (TPSA) is 9.23 Å². The summed E-state index contributed by atoms with van der Waals surface area (Å²) in [5, 5.41) is 0.194. The summed E-state index contributed by atoms with van der Waals surface area (Å²) >= 11 is 6.15. The molecule has 0 saturated carbocycles. The van der Waals surface area contributed by atoms with Crippen LogP contribution in [0.1, 0.15) is 25.3 Å². The normalized spacial score (nSPS) is 30.3. The standard InChI is InChI=1S/C13H16ClFO/c1-13(9-11(14)6-7-16-13)8-10-2-4-12(15)5-3-10/h2-5,11H,6-9H2,1H3. The number of hydrogen-bond acceptors (Lipinski definition) is 1. The van der Waals surface area contributed by atoms with Gasteiger partial charge < -0.3 is 4.74 Å². The first-order valence-electron chi connectivity index (χ1n) is 5.60. The molecule has 0 amide bonds. The van der Waals surface area contributed by atoms with Crippen LogP contribution < -0.4 is 0 Å². The van der Waals surface area contributed by atoms with Crippen LogP contribution in [0.4, 0.5) is 4.39 Å². The van der Waals surface area contributed by atoms with Gasteiger partial charge in [0.1, 0.15) is 5.82 Å². The fourth-order valence-corrected chi connectivity index (χ4v) is 2.64. The minimum Gasteiger partial charge on any atom is -0.375 e. The average Bonchev–Trinajstić information content (AvgIpc) is 2.21. The van der Waals surface area contributed by atoms with E-state index in [-0.39, 0.29) is 16.8 Å². The minimum atomic E-state index is -0.206. The number of benzene rings is 1. The van der Waals surface area contributed by atoms with E-state index in [1.165, 1.54) is 12.1 Å². The lowest BCUT2D eigenvalue weighted by Crippen LogP contribution is -2.39. The molecular formula is C13H16ClFO. The third-order valence-electron chi connectivity index (χ3n) is 3.03. The molecule has 1 fully saturated rings. The van der Waals surface area contributed by atoms with Crippen molar-refractivity contribution in [1.82, 2.24) is 0 Å². The van der Waals surface area contributed by atoms with Gasteiger partial charge in [0.15, 0.2) is 0 Å². The molecule has 0 bridgehead atoms. The maximum absolute atomic E-state index is 12.8. The molecule has 1 nitrogen and oxygen atoms in total. The first-order chi connectivity index (χ1) is 7.57. The smallest absolute Gasteiger partial charge is 0.123 e. The average molecular weight is 243 g/mol. The van der Waals surface area contributed by atoms with Crippen LogP contribution in [0.25, 0.3) is 0 Å². The second-order valence-corrected chi connectivity index (χ2v) is 5.31. The number of hydrogen-bond donors (Lipinski definition) is 0. The van der Waals surface area contributed by atoms with Crippen molar-refractivity contribution in [2.24, 2.45) is 0 Å². The van der Waals surface area contributed by atoms with Crippen molar-refractivity contribution in [2.45, 2.75) is 37.2 Å². The molecule has 1 aromatic rings. The molecule has 0 aromatic heterocycles. The highest BCUT2D eigenvalue weighted by Crippen LogP contribution is 2.31. The first-order valence-corrected chi connectivity index (χ1v) is 6.03. The molecule has 2 atom stereocenters. The van der Waals surface area contributed by atoms with Crippen LogP contribution in [0, 0.1) is 5.82 Å². The van der Waals surface area contributed by atoms with Crippen molar-refractivity contribution in [3.05, 3.63) is 35.6 Å². The number of halogens is 2. The van der Waals surface area contributed by atoms with E-state index < -0.39 is 0 Å². The summed E-state index contributed by atoms with van der Waals surface area (Å²) in [7, 11) is 0. The van der Waals surface area contributed by atoms with Gasteiger partial charge in [-0.1, -0.05) is 12.1 Å². The van der Waals surface area contributed by atoms with Crippen molar-refractivity contribution in [3.63, 3.8) is 0 Å². The van der Waals surface area contributed by atoms with Crippen LogP contribution in [0.2, 0.25) is 0 Å². The van der Waals surface area contributed by atoms with E-state index in [0.717, 1.165) is 24.8 Å². The Morgan fingerprint density at radius 3 is 2.75 bits per heavy atom. The third kappa shape index (κ3) is 2.96. The van der Waals surface area contributed by atoms with Crippen molar-refractivity contribution in [3.8, 4) is 0 Å². The Morgan fingerprint density at radius 1 is 1.44 bits per heavy atom. The summed E-state index contributed by atoms with van der Waals surface area (Å²) in [6.07, 6.45) is 2.56. The molecule has 0 N–H and O–H groups in total. The van der Waals surface area contributed by atoms with Gasteiger partial charge >= 0.3 is 0 Å². The monoisotopic (exact) mass is 242 g/mol.